The fourth-order valence-electron chi connectivity index (χ4n) is 7.62. The maximum atomic E-state index is 10.6. The Balaban J connectivity index is 1.59. The zero-order valence-electron chi connectivity index (χ0n) is 16.0. The zero-order chi connectivity index (χ0) is 17.2. The van der Waals surface area contributed by atoms with Crippen molar-refractivity contribution in [2.24, 2.45) is 34.5 Å². The third-order valence-corrected chi connectivity index (χ3v) is 9.36. The number of methoxy groups -OCH3 is 2. The normalized spacial score (nSPS) is 53.1. The number of aliphatic hydroxyl groups excluding tert-OH is 1. The molecule has 138 valence electrons. The second kappa shape index (κ2) is 5.69. The molecule has 0 amide bonds. The Morgan fingerprint density at radius 3 is 2.21 bits per heavy atom. The number of ether oxygens (including phenoxy) is 2. The van der Waals surface area contributed by atoms with E-state index in [-0.39, 0.29) is 17.3 Å². The van der Waals surface area contributed by atoms with Gasteiger partial charge >= 0.3 is 0 Å². The van der Waals surface area contributed by atoms with E-state index >= 15 is 0 Å². The first-order valence-electron chi connectivity index (χ1n) is 10.2. The minimum atomic E-state index is -0.344. The highest BCUT2D eigenvalue weighted by atomic mass is 16.7. The Morgan fingerprint density at radius 1 is 0.792 bits per heavy atom. The first-order chi connectivity index (χ1) is 11.4. The number of hydrogen-bond donors (Lipinski definition) is 1. The molecule has 0 aromatic rings. The van der Waals surface area contributed by atoms with E-state index in [4.69, 9.17) is 9.47 Å². The van der Waals surface area contributed by atoms with Crippen LogP contribution in [0, 0.1) is 34.5 Å². The molecule has 4 aliphatic rings. The van der Waals surface area contributed by atoms with Gasteiger partial charge in [-0.1, -0.05) is 13.8 Å². The molecule has 0 radical (unpaired) electrons. The van der Waals surface area contributed by atoms with Crippen LogP contribution < -0.4 is 0 Å². The van der Waals surface area contributed by atoms with Crippen LogP contribution in [-0.4, -0.2) is 31.2 Å². The standard InChI is InChI=1S/C21H36O3/c1-19-11-12-21(23-3,24-4)13-14(19)5-6-15-16-7-8-18(22)20(16,2)10-9-17(15)19/h14-18,22H,5-13H2,1-4H3/t14-,15-,16-,17-,18-,19-,20-/m0/s1. The molecule has 0 aromatic heterocycles. The second-order valence-corrected chi connectivity index (χ2v) is 9.82. The summed E-state index contributed by atoms with van der Waals surface area (Å²) in [4.78, 5) is 0. The lowest BCUT2D eigenvalue weighted by Crippen LogP contribution is -2.56. The van der Waals surface area contributed by atoms with Crippen LogP contribution in [0.15, 0.2) is 0 Å². The van der Waals surface area contributed by atoms with E-state index in [0.29, 0.717) is 5.41 Å². The van der Waals surface area contributed by atoms with Gasteiger partial charge in [0.25, 0.3) is 0 Å². The van der Waals surface area contributed by atoms with Gasteiger partial charge in [-0.25, -0.2) is 0 Å². The molecule has 7 atom stereocenters. The average molecular weight is 337 g/mol. The molecule has 3 nitrogen and oxygen atoms in total. The molecule has 3 heteroatoms. The molecule has 4 saturated carbocycles. The van der Waals surface area contributed by atoms with E-state index in [0.717, 1.165) is 42.9 Å². The van der Waals surface area contributed by atoms with Gasteiger partial charge in [-0.3, -0.25) is 0 Å². The third-order valence-electron chi connectivity index (χ3n) is 9.36. The van der Waals surface area contributed by atoms with Gasteiger partial charge in [-0.05, 0) is 79.4 Å². The molecule has 0 aliphatic heterocycles. The van der Waals surface area contributed by atoms with Gasteiger partial charge in [-0.2, -0.15) is 0 Å². The van der Waals surface area contributed by atoms with Gasteiger partial charge in [0.2, 0.25) is 0 Å². The number of aliphatic hydroxyl groups is 1. The monoisotopic (exact) mass is 336 g/mol. The molecule has 24 heavy (non-hydrogen) atoms. The topological polar surface area (TPSA) is 38.7 Å². The van der Waals surface area contributed by atoms with Crippen molar-refractivity contribution in [3.05, 3.63) is 0 Å². The lowest BCUT2D eigenvalue weighted by atomic mass is 9.45. The van der Waals surface area contributed by atoms with Crippen LogP contribution >= 0.6 is 0 Å². The molecule has 0 aromatic carbocycles. The number of rotatable bonds is 2. The van der Waals surface area contributed by atoms with Gasteiger partial charge in [-0.15, -0.1) is 0 Å². The molecule has 0 unspecified atom stereocenters. The SMILES string of the molecule is COC1(OC)CC[C@@]2(C)[C@@H](CC[C@@H]3[C@@H]2CC[C@]2(C)[C@@H](O)CC[C@@H]32)C1. The van der Waals surface area contributed by atoms with Gasteiger partial charge in [0.1, 0.15) is 0 Å². The van der Waals surface area contributed by atoms with Gasteiger partial charge in [0, 0.05) is 27.1 Å². The Bertz CT molecular complexity index is 487. The highest BCUT2D eigenvalue weighted by Gasteiger charge is 2.61. The predicted octanol–water partition coefficient (Wildman–Crippen LogP) is 4.38. The van der Waals surface area contributed by atoms with Gasteiger partial charge < -0.3 is 14.6 Å². The number of fused-ring (bicyclic) bond motifs is 5. The van der Waals surface area contributed by atoms with Crippen LogP contribution in [-0.2, 0) is 9.47 Å². The molecular weight excluding hydrogens is 300 g/mol. The molecular formula is C21H36O3. The summed E-state index contributed by atoms with van der Waals surface area (Å²) in [6.45, 7) is 4.94. The quantitative estimate of drug-likeness (QED) is 0.761. The van der Waals surface area contributed by atoms with E-state index < -0.39 is 0 Å². The summed E-state index contributed by atoms with van der Waals surface area (Å²) in [6, 6.07) is 0. The Hall–Kier alpha value is -0.120. The maximum Gasteiger partial charge on any atom is 0.167 e. The summed E-state index contributed by atoms with van der Waals surface area (Å²) in [5.74, 6) is 2.80. The third kappa shape index (κ3) is 2.20. The summed E-state index contributed by atoms with van der Waals surface area (Å²) >= 11 is 0. The summed E-state index contributed by atoms with van der Waals surface area (Å²) < 4.78 is 11.6. The minimum absolute atomic E-state index is 0.0602. The van der Waals surface area contributed by atoms with Crippen molar-refractivity contribution < 1.29 is 14.6 Å². The van der Waals surface area contributed by atoms with E-state index in [1.54, 1.807) is 0 Å². The Morgan fingerprint density at radius 2 is 1.50 bits per heavy atom. The van der Waals surface area contributed by atoms with Crippen molar-refractivity contribution >= 4 is 0 Å². The second-order valence-electron chi connectivity index (χ2n) is 9.82. The molecule has 0 bridgehead atoms. The van der Waals surface area contributed by atoms with Crippen LogP contribution in [0.1, 0.15) is 71.6 Å². The van der Waals surface area contributed by atoms with E-state index in [9.17, 15) is 5.11 Å². The fourth-order valence-corrected chi connectivity index (χ4v) is 7.62. The van der Waals surface area contributed by atoms with Crippen molar-refractivity contribution in [2.45, 2.75) is 83.5 Å². The summed E-state index contributed by atoms with van der Waals surface area (Å²) in [7, 11) is 3.62. The van der Waals surface area contributed by atoms with Crippen molar-refractivity contribution in [2.75, 3.05) is 14.2 Å². The van der Waals surface area contributed by atoms with Crippen LogP contribution in [0.3, 0.4) is 0 Å². The van der Waals surface area contributed by atoms with Crippen LogP contribution in [0.2, 0.25) is 0 Å². The summed E-state index contributed by atoms with van der Waals surface area (Å²) in [5, 5.41) is 10.6. The van der Waals surface area contributed by atoms with Crippen LogP contribution in [0.4, 0.5) is 0 Å². The van der Waals surface area contributed by atoms with Gasteiger partial charge in [0.15, 0.2) is 5.79 Å². The predicted molar refractivity (Wildman–Crippen MR) is 94.5 cm³/mol. The molecule has 0 saturated heterocycles. The average Bonchev–Trinajstić information content (AvgIpc) is 2.90. The first-order valence-corrected chi connectivity index (χ1v) is 10.2. The smallest absolute Gasteiger partial charge is 0.167 e. The molecule has 4 fully saturated rings. The fraction of sp³-hybridized carbons (Fsp3) is 1.00. The largest absolute Gasteiger partial charge is 0.393 e. The molecule has 0 heterocycles. The van der Waals surface area contributed by atoms with E-state index in [2.05, 4.69) is 13.8 Å². The van der Waals surface area contributed by atoms with Crippen LogP contribution in [0.25, 0.3) is 0 Å². The molecule has 1 N–H and O–H groups in total. The molecule has 4 aliphatic carbocycles. The van der Waals surface area contributed by atoms with Crippen molar-refractivity contribution in [3.63, 3.8) is 0 Å². The van der Waals surface area contributed by atoms with Gasteiger partial charge in [0.05, 0.1) is 6.10 Å². The Kier molecular flexibility index (Phi) is 4.10. The lowest BCUT2D eigenvalue weighted by Gasteiger charge is -2.61. The Labute approximate surface area is 147 Å². The maximum absolute atomic E-state index is 10.6. The van der Waals surface area contributed by atoms with Crippen molar-refractivity contribution in [1.82, 2.24) is 0 Å². The minimum Gasteiger partial charge on any atom is -0.393 e. The molecule has 0 spiro atoms. The van der Waals surface area contributed by atoms with Crippen molar-refractivity contribution in [3.8, 4) is 0 Å². The van der Waals surface area contributed by atoms with E-state index in [1.807, 2.05) is 14.2 Å². The summed E-state index contributed by atoms with van der Waals surface area (Å²) in [5.41, 5.74) is 0.639. The van der Waals surface area contributed by atoms with Crippen LogP contribution in [0.5, 0.6) is 0 Å². The highest BCUT2D eigenvalue weighted by Crippen LogP contribution is 2.67. The summed E-state index contributed by atoms with van der Waals surface area (Å²) in [6.07, 6.45) is 10.7. The zero-order valence-corrected chi connectivity index (χ0v) is 16.0. The van der Waals surface area contributed by atoms with E-state index in [1.165, 1.54) is 38.5 Å². The highest BCUT2D eigenvalue weighted by molar-refractivity contribution is 5.10. The first kappa shape index (κ1) is 17.3. The lowest BCUT2D eigenvalue weighted by molar-refractivity contribution is -0.261. The number of hydrogen-bond acceptors (Lipinski definition) is 3. The molecule has 4 rings (SSSR count). The van der Waals surface area contributed by atoms with Crippen molar-refractivity contribution in [1.29, 1.82) is 0 Å².